The monoisotopic (exact) mass is 390 g/mol. The standard InChI is InChI=1S/C21H15FN4O3/c22-5-7-25-21(28)26-8-4-13-9-15(1-2-18(13)26)29-20-3-6-24-17-11-19(27)14(12-23)10-16(17)20/h1-4,6,8-11,27H,5,7H2,(H,25,28). The molecule has 0 atom stereocenters. The van der Waals surface area contributed by atoms with Gasteiger partial charge in [0, 0.05) is 35.8 Å². The average Bonchev–Trinajstić information content (AvgIpc) is 3.15. The molecule has 0 spiro atoms. The van der Waals surface area contributed by atoms with Crippen molar-refractivity contribution >= 4 is 27.8 Å². The highest BCUT2D eigenvalue weighted by Crippen LogP contribution is 2.33. The number of ether oxygens (including phenoxy) is 1. The lowest BCUT2D eigenvalue weighted by atomic mass is 10.1. The number of aromatic hydroxyl groups is 1. The van der Waals surface area contributed by atoms with Crippen molar-refractivity contribution in [3.63, 3.8) is 0 Å². The van der Waals surface area contributed by atoms with Crippen LogP contribution < -0.4 is 10.1 Å². The van der Waals surface area contributed by atoms with E-state index in [9.17, 15) is 14.3 Å². The van der Waals surface area contributed by atoms with Crippen LogP contribution in [0.3, 0.4) is 0 Å². The summed E-state index contributed by atoms with van der Waals surface area (Å²) in [7, 11) is 0. The highest BCUT2D eigenvalue weighted by Gasteiger charge is 2.12. The zero-order valence-corrected chi connectivity index (χ0v) is 15.1. The van der Waals surface area contributed by atoms with Crippen LogP contribution in [0, 0.1) is 11.3 Å². The third-order valence-corrected chi connectivity index (χ3v) is 4.42. The first kappa shape index (κ1) is 18.3. The number of amides is 1. The lowest BCUT2D eigenvalue weighted by Crippen LogP contribution is -2.29. The summed E-state index contributed by atoms with van der Waals surface area (Å²) in [5.41, 5.74) is 1.28. The Morgan fingerprint density at radius 3 is 2.93 bits per heavy atom. The highest BCUT2D eigenvalue weighted by molar-refractivity contribution is 5.92. The van der Waals surface area contributed by atoms with Gasteiger partial charge in [-0.25, -0.2) is 9.18 Å². The molecule has 0 aliphatic rings. The maximum absolute atomic E-state index is 12.3. The van der Waals surface area contributed by atoms with Crippen molar-refractivity contribution in [2.75, 3.05) is 13.2 Å². The number of phenolic OH excluding ortho intramolecular Hbond substituents is 1. The van der Waals surface area contributed by atoms with E-state index in [2.05, 4.69) is 10.3 Å². The highest BCUT2D eigenvalue weighted by atomic mass is 19.1. The molecule has 144 valence electrons. The Labute approximate surface area is 164 Å². The number of phenols is 1. The van der Waals surface area contributed by atoms with E-state index in [0.29, 0.717) is 27.9 Å². The molecule has 4 rings (SSSR count). The molecule has 0 saturated carbocycles. The van der Waals surface area contributed by atoms with Crippen molar-refractivity contribution in [3.05, 3.63) is 60.4 Å². The first-order chi connectivity index (χ1) is 14.1. The van der Waals surface area contributed by atoms with Gasteiger partial charge < -0.3 is 15.2 Å². The number of nitriles is 1. The Hall–Kier alpha value is -4.12. The molecule has 2 heterocycles. The number of benzene rings is 2. The number of hydrogen-bond donors (Lipinski definition) is 2. The first-order valence-corrected chi connectivity index (χ1v) is 8.75. The summed E-state index contributed by atoms with van der Waals surface area (Å²) in [6, 6.07) is 13.1. The number of hydrogen-bond acceptors (Lipinski definition) is 5. The predicted molar refractivity (Wildman–Crippen MR) is 105 cm³/mol. The van der Waals surface area contributed by atoms with Gasteiger partial charge in [0.15, 0.2) is 0 Å². The Morgan fingerprint density at radius 1 is 1.28 bits per heavy atom. The Kier molecular flexibility index (Phi) is 4.71. The van der Waals surface area contributed by atoms with Gasteiger partial charge in [-0.2, -0.15) is 5.26 Å². The number of nitrogens with zero attached hydrogens (tertiary/aromatic N) is 3. The van der Waals surface area contributed by atoms with Crippen molar-refractivity contribution in [2.24, 2.45) is 0 Å². The number of alkyl halides is 1. The largest absolute Gasteiger partial charge is 0.506 e. The number of rotatable bonds is 4. The number of nitrogens with one attached hydrogen (secondary N) is 1. The molecule has 0 radical (unpaired) electrons. The number of fused-ring (bicyclic) bond motifs is 2. The lowest BCUT2D eigenvalue weighted by Gasteiger charge is -2.10. The van der Waals surface area contributed by atoms with Crippen LogP contribution in [0.5, 0.6) is 17.2 Å². The minimum absolute atomic E-state index is 0.0466. The maximum atomic E-state index is 12.3. The zero-order chi connectivity index (χ0) is 20.4. The molecule has 7 nitrogen and oxygen atoms in total. The van der Waals surface area contributed by atoms with Crippen LogP contribution in [0.2, 0.25) is 0 Å². The van der Waals surface area contributed by atoms with Gasteiger partial charge in [-0.05, 0) is 36.4 Å². The molecular formula is C21H15FN4O3. The second-order valence-corrected chi connectivity index (χ2v) is 6.24. The van der Waals surface area contributed by atoms with Crippen LogP contribution in [0.4, 0.5) is 9.18 Å². The predicted octanol–water partition coefficient (Wildman–Crippen LogP) is 4.09. The van der Waals surface area contributed by atoms with E-state index in [4.69, 9.17) is 10.00 Å². The molecule has 0 saturated heterocycles. The summed E-state index contributed by atoms with van der Waals surface area (Å²) in [5, 5.41) is 22.8. The van der Waals surface area contributed by atoms with Crippen LogP contribution in [-0.2, 0) is 0 Å². The number of halogens is 1. The number of aromatic nitrogens is 2. The molecule has 4 aromatic rings. The molecular weight excluding hydrogens is 375 g/mol. The minimum atomic E-state index is -0.631. The average molecular weight is 390 g/mol. The Morgan fingerprint density at radius 2 is 2.14 bits per heavy atom. The molecule has 2 aromatic carbocycles. The van der Waals surface area contributed by atoms with Crippen LogP contribution in [0.25, 0.3) is 21.8 Å². The quantitative estimate of drug-likeness (QED) is 0.547. The van der Waals surface area contributed by atoms with E-state index < -0.39 is 12.7 Å². The number of pyridine rings is 1. The topological polar surface area (TPSA) is 100 Å². The summed E-state index contributed by atoms with van der Waals surface area (Å²) in [4.78, 5) is 16.3. The summed E-state index contributed by atoms with van der Waals surface area (Å²) in [6.07, 6.45) is 3.15. The van der Waals surface area contributed by atoms with E-state index in [1.807, 2.05) is 6.07 Å². The first-order valence-electron chi connectivity index (χ1n) is 8.75. The summed E-state index contributed by atoms with van der Waals surface area (Å²) in [6.45, 7) is -0.677. The van der Waals surface area contributed by atoms with Crippen molar-refractivity contribution in [2.45, 2.75) is 0 Å². The smallest absolute Gasteiger partial charge is 0.326 e. The molecule has 29 heavy (non-hydrogen) atoms. The van der Waals surface area contributed by atoms with Crippen molar-refractivity contribution in [3.8, 4) is 23.3 Å². The van der Waals surface area contributed by atoms with E-state index in [-0.39, 0.29) is 17.9 Å². The van der Waals surface area contributed by atoms with Gasteiger partial charge in [0.1, 0.15) is 30.0 Å². The van der Waals surface area contributed by atoms with Gasteiger partial charge in [-0.3, -0.25) is 9.55 Å². The molecule has 8 heteroatoms. The van der Waals surface area contributed by atoms with Crippen LogP contribution in [-0.4, -0.2) is 33.9 Å². The fourth-order valence-corrected chi connectivity index (χ4v) is 3.06. The van der Waals surface area contributed by atoms with Gasteiger partial charge in [-0.15, -0.1) is 0 Å². The van der Waals surface area contributed by atoms with E-state index in [1.54, 1.807) is 42.7 Å². The lowest BCUT2D eigenvalue weighted by molar-refractivity contribution is 0.242. The summed E-state index contributed by atoms with van der Waals surface area (Å²) in [5.74, 6) is 0.864. The minimum Gasteiger partial charge on any atom is -0.506 e. The molecule has 0 fully saturated rings. The molecule has 0 aliphatic heterocycles. The van der Waals surface area contributed by atoms with Gasteiger partial charge in [-0.1, -0.05) is 0 Å². The number of carbonyl (C=O) groups excluding carboxylic acids is 1. The second-order valence-electron chi connectivity index (χ2n) is 6.24. The summed E-state index contributed by atoms with van der Waals surface area (Å²) >= 11 is 0. The van der Waals surface area contributed by atoms with Crippen LogP contribution in [0.1, 0.15) is 5.56 Å². The van der Waals surface area contributed by atoms with Crippen LogP contribution in [0.15, 0.2) is 54.9 Å². The van der Waals surface area contributed by atoms with Gasteiger partial charge in [0.2, 0.25) is 0 Å². The second kappa shape index (κ2) is 7.48. The summed E-state index contributed by atoms with van der Waals surface area (Å²) < 4.78 is 19.7. The van der Waals surface area contributed by atoms with E-state index in [1.165, 1.54) is 16.7 Å². The Bertz CT molecular complexity index is 1280. The molecule has 1 amide bonds. The van der Waals surface area contributed by atoms with Crippen molar-refractivity contribution in [1.82, 2.24) is 14.9 Å². The van der Waals surface area contributed by atoms with Crippen molar-refractivity contribution in [1.29, 1.82) is 5.26 Å². The number of carbonyl (C=O) groups is 1. The fourth-order valence-electron chi connectivity index (χ4n) is 3.06. The molecule has 2 aromatic heterocycles. The zero-order valence-electron chi connectivity index (χ0n) is 15.1. The SMILES string of the molecule is N#Cc1cc2c(Oc3ccc4c(ccn4C(=O)NCCF)c3)ccnc2cc1O. The van der Waals surface area contributed by atoms with Gasteiger partial charge in [0.05, 0.1) is 16.6 Å². The van der Waals surface area contributed by atoms with Crippen molar-refractivity contribution < 1.29 is 19.0 Å². The molecule has 0 aliphatic carbocycles. The normalized spacial score (nSPS) is 10.8. The van der Waals surface area contributed by atoms with E-state index in [0.717, 1.165) is 5.39 Å². The maximum Gasteiger partial charge on any atom is 0.326 e. The van der Waals surface area contributed by atoms with Gasteiger partial charge in [0.25, 0.3) is 0 Å². The van der Waals surface area contributed by atoms with Crippen LogP contribution >= 0.6 is 0 Å². The molecule has 0 bridgehead atoms. The fraction of sp³-hybridized carbons (Fsp3) is 0.0952. The van der Waals surface area contributed by atoms with Gasteiger partial charge >= 0.3 is 6.03 Å². The Balaban J connectivity index is 1.68. The third kappa shape index (κ3) is 3.41. The van der Waals surface area contributed by atoms with E-state index >= 15 is 0 Å². The molecule has 0 unspecified atom stereocenters. The third-order valence-electron chi connectivity index (χ3n) is 4.42. The molecule has 2 N–H and O–H groups in total.